The van der Waals surface area contributed by atoms with E-state index in [9.17, 15) is 4.79 Å². The van der Waals surface area contributed by atoms with E-state index in [2.05, 4.69) is 10.4 Å². The molecular weight excluding hydrogens is 194 g/mol. The van der Waals surface area contributed by atoms with Crippen LogP contribution in [0.3, 0.4) is 0 Å². The Labute approximate surface area is 78.8 Å². The van der Waals surface area contributed by atoms with Crippen molar-refractivity contribution in [1.82, 2.24) is 4.98 Å². The highest BCUT2D eigenvalue weighted by molar-refractivity contribution is 8.01. The number of hydrogen-bond acceptors (Lipinski definition) is 4. The predicted molar refractivity (Wildman–Crippen MR) is 48.7 cm³/mol. The normalized spacial score (nSPS) is 10.1. The number of hydrogen-bond donors (Lipinski definition) is 1. The van der Waals surface area contributed by atoms with Crippen LogP contribution in [-0.4, -0.2) is 21.8 Å². The van der Waals surface area contributed by atoms with Gasteiger partial charge in [-0.2, -0.15) is 0 Å². The van der Waals surface area contributed by atoms with Crippen molar-refractivity contribution in [3.63, 3.8) is 0 Å². The molecule has 1 heterocycles. The van der Waals surface area contributed by atoms with E-state index in [1.165, 1.54) is 23.1 Å². The molecule has 0 fully saturated rings. The van der Waals surface area contributed by atoms with Crippen LogP contribution in [0.4, 0.5) is 0 Å². The van der Waals surface area contributed by atoms with Crippen LogP contribution < -0.4 is 0 Å². The number of aliphatic carboxylic acids is 1. The van der Waals surface area contributed by atoms with Crippen LogP contribution in [0, 0.1) is 12.3 Å². The van der Waals surface area contributed by atoms with Crippen molar-refractivity contribution < 1.29 is 9.90 Å². The highest BCUT2D eigenvalue weighted by Gasteiger charge is 2.01. The summed E-state index contributed by atoms with van der Waals surface area (Å²) in [6.07, 6.45) is 0.184. The molecule has 3 nitrogen and oxygen atoms in total. The van der Waals surface area contributed by atoms with Crippen LogP contribution in [0.5, 0.6) is 0 Å². The summed E-state index contributed by atoms with van der Waals surface area (Å²) in [5, 5.41) is 11.3. The third-order valence-corrected chi connectivity index (χ3v) is 3.10. The fourth-order valence-electron chi connectivity index (χ4n) is 0.587. The zero-order chi connectivity index (χ0) is 8.97. The molecule has 0 atom stereocenters. The summed E-state index contributed by atoms with van der Waals surface area (Å²) < 4.78 is 0.897. The minimum absolute atomic E-state index is 0.184. The Balaban J connectivity index is 2.29. The molecule has 1 radical (unpaired) electrons. The molecule has 1 N–H and O–H groups in total. The third kappa shape index (κ3) is 3.23. The molecule has 1 aromatic rings. The number of rotatable bonds is 4. The van der Waals surface area contributed by atoms with Crippen molar-refractivity contribution in [3.05, 3.63) is 11.1 Å². The summed E-state index contributed by atoms with van der Waals surface area (Å²) in [5.41, 5.74) is 0.873. The topological polar surface area (TPSA) is 50.2 Å². The lowest BCUT2D eigenvalue weighted by Crippen LogP contribution is -1.95. The lowest BCUT2D eigenvalue weighted by Gasteiger charge is -1.91. The van der Waals surface area contributed by atoms with E-state index in [1.807, 2.05) is 6.92 Å². The van der Waals surface area contributed by atoms with Gasteiger partial charge in [-0.1, -0.05) is 11.8 Å². The SMILES string of the molecule is Cc1[c]sc(SCCC(=O)O)n1. The average molecular weight is 202 g/mol. The lowest BCUT2D eigenvalue weighted by atomic mass is 10.5. The maximum atomic E-state index is 10.2. The standard InChI is InChI=1S/C7H8NO2S2/c1-5-4-12-7(8-5)11-3-2-6(9)10/h2-3H2,1H3,(H,9,10). The minimum Gasteiger partial charge on any atom is -0.481 e. The number of aryl methyl sites for hydroxylation is 1. The van der Waals surface area contributed by atoms with Crippen molar-refractivity contribution in [2.45, 2.75) is 17.7 Å². The van der Waals surface area contributed by atoms with Gasteiger partial charge in [-0.15, -0.1) is 11.3 Å². The van der Waals surface area contributed by atoms with Gasteiger partial charge in [-0.25, -0.2) is 4.98 Å². The molecule has 1 aromatic heterocycles. The van der Waals surface area contributed by atoms with Crippen LogP contribution in [-0.2, 0) is 4.79 Å². The summed E-state index contributed by atoms with van der Waals surface area (Å²) in [5.74, 6) is -0.185. The van der Waals surface area contributed by atoms with Crippen LogP contribution in [0.1, 0.15) is 12.1 Å². The van der Waals surface area contributed by atoms with Gasteiger partial charge in [0.1, 0.15) is 0 Å². The molecule has 0 saturated carbocycles. The van der Waals surface area contributed by atoms with E-state index >= 15 is 0 Å². The fourth-order valence-corrected chi connectivity index (χ4v) is 2.31. The number of nitrogens with zero attached hydrogens (tertiary/aromatic N) is 1. The van der Waals surface area contributed by atoms with Gasteiger partial charge in [0.15, 0.2) is 4.34 Å². The van der Waals surface area contributed by atoms with E-state index in [1.54, 1.807) is 0 Å². The predicted octanol–water partition coefficient (Wildman–Crippen LogP) is 1.82. The van der Waals surface area contributed by atoms with Crippen molar-refractivity contribution in [2.75, 3.05) is 5.75 Å². The maximum absolute atomic E-state index is 10.2. The number of aromatic nitrogens is 1. The Morgan fingerprint density at radius 1 is 1.83 bits per heavy atom. The Kier molecular flexibility index (Phi) is 3.55. The third-order valence-electron chi connectivity index (χ3n) is 1.09. The molecule has 0 aliphatic rings. The van der Waals surface area contributed by atoms with Gasteiger partial charge in [0, 0.05) is 5.75 Å². The first-order valence-electron chi connectivity index (χ1n) is 3.38. The summed E-state index contributed by atoms with van der Waals surface area (Å²) >= 11 is 2.90. The summed E-state index contributed by atoms with van der Waals surface area (Å²) in [7, 11) is 0. The molecule has 65 valence electrons. The molecular formula is C7H8NO2S2. The Hall–Kier alpha value is -0.550. The van der Waals surface area contributed by atoms with Crippen molar-refractivity contribution in [2.24, 2.45) is 0 Å². The highest BCUT2D eigenvalue weighted by Crippen LogP contribution is 2.22. The van der Waals surface area contributed by atoms with Gasteiger partial charge in [0.05, 0.1) is 17.5 Å². The van der Waals surface area contributed by atoms with Gasteiger partial charge in [-0.05, 0) is 6.92 Å². The van der Waals surface area contributed by atoms with E-state index in [0.717, 1.165) is 10.0 Å². The number of carboxylic acids is 1. The van der Waals surface area contributed by atoms with E-state index in [4.69, 9.17) is 5.11 Å². The second-order valence-corrected chi connectivity index (χ2v) is 4.30. The van der Waals surface area contributed by atoms with Crippen molar-refractivity contribution in [1.29, 1.82) is 0 Å². The molecule has 0 aliphatic carbocycles. The quantitative estimate of drug-likeness (QED) is 0.757. The maximum Gasteiger partial charge on any atom is 0.304 e. The van der Waals surface area contributed by atoms with Gasteiger partial charge < -0.3 is 5.11 Å². The first-order valence-corrected chi connectivity index (χ1v) is 5.18. The molecule has 0 saturated heterocycles. The Morgan fingerprint density at radius 2 is 2.58 bits per heavy atom. The van der Waals surface area contributed by atoms with Crippen LogP contribution in [0.25, 0.3) is 0 Å². The Bertz CT molecular complexity index is 272. The monoisotopic (exact) mass is 202 g/mol. The largest absolute Gasteiger partial charge is 0.481 e. The summed E-state index contributed by atoms with van der Waals surface area (Å²) in [6, 6.07) is 0. The van der Waals surface area contributed by atoms with Crippen LogP contribution >= 0.6 is 23.1 Å². The fraction of sp³-hybridized carbons (Fsp3) is 0.429. The molecule has 0 bridgehead atoms. The van der Waals surface area contributed by atoms with Gasteiger partial charge in [-0.3, -0.25) is 4.79 Å². The zero-order valence-electron chi connectivity index (χ0n) is 6.53. The summed E-state index contributed by atoms with van der Waals surface area (Å²) in [4.78, 5) is 14.3. The molecule has 1 rings (SSSR count). The lowest BCUT2D eigenvalue weighted by molar-refractivity contribution is -0.136. The van der Waals surface area contributed by atoms with Crippen molar-refractivity contribution >= 4 is 29.1 Å². The second kappa shape index (κ2) is 4.47. The van der Waals surface area contributed by atoms with Crippen LogP contribution in [0.2, 0.25) is 0 Å². The van der Waals surface area contributed by atoms with E-state index < -0.39 is 5.97 Å². The molecule has 5 heteroatoms. The van der Waals surface area contributed by atoms with Gasteiger partial charge in [0.2, 0.25) is 0 Å². The summed E-state index contributed by atoms with van der Waals surface area (Å²) in [6.45, 7) is 1.87. The minimum atomic E-state index is -0.764. The average Bonchev–Trinajstić information content (AvgIpc) is 2.35. The number of carbonyl (C=O) groups is 1. The molecule has 12 heavy (non-hydrogen) atoms. The zero-order valence-corrected chi connectivity index (χ0v) is 8.17. The number of thioether (sulfide) groups is 1. The van der Waals surface area contributed by atoms with E-state index in [0.29, 0.717) is 5.75 Å². The molecule has 0 amide bonds. The molecule has 0 spiro atoms. The number of carboxylic acid groups (broad SMARTS) is 1. The van der Waals surface area contributed by atoms with Crippen LogP contribution in [0.15, 0.2) is 4.34 Å². The van der Waals surface area contributed by atoms with Gasteiger partial charge in [0.25, 0.3) is 0 Å². The van der Waals surface area contributed by atoms with Crippen molar-refractivity contribution in [3.8, 4) is 0 Å². The Morgan fingerprint density at radius 3 is 3.08 bits per heavy atom. The molecule has 0 unspecified atom stereocenters. The highest BCUT2D eigenvalue weighted by atomic mass is 32.2. The molecule has 0 aromatic carbocycles. The van der Waals surface area contributed by atoms with E-state index in [-0.39, 0.29) is 6.42 Å². The first-order chi connectivity index (χ1) is 5.68. The first kappa shape index (κ1) is 9.54. The second-order valence-electron chi connectivity index (χ2n) is 2.16. The molecule has 0 aliphatic heterocycles. The number of thiazole rings is 1. The van der Waals surface area contributed by atoms with Gasteiger partial charge >= 0.3 is 5.97 Å². The smallest absolute Gasteiger partial charge is 0.304 e.